The van der Waals surface area contributed by atoms with Gasteiger partial charge in [-0.15, -0.1) is 0 Å². The molecular formula is C22H23FN4O5. The van der Waals surface area contributed by atoms with Gasteiger partial charge in [0.1, 0.15) is 5.82 Å². The zero-order chi connectivity index (χ0) is 22.9. The molecule has 0 radical (unpaired) electrons. The maximum atomic E-state index is 12.9. The van der Waals surface area contributed by atoms with Crippen molar-refractivity contribution in [2.45, 2.75) is 25.8 Å². The van der Waals surface area contributed by atoms with Crippen LogP contribution in [0.25, 0.3) is 0 Å². The maximum absolute atomic E-state index is 12.9. The number of rotatable bonds is 9. The second-order valence-electron chi connectivity index (χ2n) is 6.93. The second kappa shape index (κ2) is 10.9. The van der Waals surface area contributed by atoms with Crippen molar-refractivity contribution in [1.82, 2.24) is 10.7 Å². The maximum Gasteiger partial charge on any atom is 0.329 e. The van der Waals surface area contributed by atoms with Crippen LogP contribution in [0.1, 0.15) is 25.3 Å². The summed E-state index contributed by atoms with van der Waals surface area (Å²) in [5.41, 5.74) is 3.20. The Morgan fingerprint density at radius 3 is 2.50 bits per heavy atom. The molecule has 9 nitrogen and oxygen atoms in total. The monoisotopic (exact) mass is 442 g/mol. The second-order valence-corrected chi connectivity index (χ2v) is 6.93. The highest BCUT2D eigenvalue weighted by molar-refractivity contribution is 6.35. The van der Waals surface area contributed by atoms with Gasteiger partial charge in [-0.3, -0.25) is 14.4 Å². The topological polar surface area (TPSA) is 118 Å². The summed E-state index contributed by atoms with van der Waals surface area (Å²) in [5, 5.41) is 8.94. The Labute approximate surface area is 184 Å². The molecule has 1 saturated carbocycles. The van der Waals surface area contributed by atoms with Gasteiger partial charge < -0.3 is 20.1 Å². The van der Waals surface area contributed by atoms with Crippen LogP contribution in [-0.4, -0.2) is 43.2 Å². The summed E-state index contributed by atoms with van der Waals surface area (Å²) in [4.78, 5) is 35.3. The van der Waals surface area contributed by atoms with Gasteiger partial charge in [-0.05, 0) is 67.8 Å². The zero-order valence-electron chi connectivity index (χ0n) is 17.4. The van der Waals surface area contributed by atoms with Crippen LogP contribution in [-0.2, 0) is 14.4 Å². The van der Waals surface area contributed by atoms with Crippen molar-refractivity contribution in [1.29, 1.82) is 0 Å². The molecule has 0 aromatic heterocycles. The van der Waals surface area contributed by atoms with E-state index in [1.807, 2.05) is 0 Å². The zero-order valence-corrected chi connectivity index (χ0v) is 17.4. The molecule has 0 bridgehead atoms. The van der Waals surface area contributed by atoms with Gasteiger partial charge >= 0.3 is 11.8 Å². The molecule has 0 saturated heterocycles. The van der Waals surface area contributed by atoms with Gasteiger partial charge in [-0.2, -0.15) is 5.10 Å². The Morgan fingerprint density at radius 1 is 1.06 bits per heavy atom. The molecule has 1 aliphatic carbocycles. The lowest BCUT2D eigenvalue weighted by Crippen LogP contribution is -2.38. The summed E-state index contributed by atoms with van der Waals surface area (Å²) in [7, 11) is 0. The molecule has 2 aromatic rings. The Kier molecular flexibility index (Phi) is 7.74. The predicted octanol–water partition coefficient (Wildman–Crippen LogP) is 1.97. The fourth-order valence-corrected chi connectivity index (χ4v) is 2.56. The van der Waals surface area contributed by atoms with E-state index in [0.717, 1.165) is 12.8 Å². The normalized spacial score (nSPS) is 12.8. The first-order chi connectivity index (χ1) is 15.4. The van der Waals surface area contributed by atoms with Crippen molar-refractivity contribution in [2.75, 3.05) is 18.5 Å². The molecule has 32 heavy (non-hydrogen) atoms. The van der Waals surface area contributed by atoms with Crippen molar-refractivity contribution in [3.05, 3.63) is 53.8 Å². The SMILES string of the molecule is CCOc1cc(/C=N\NC(=O)C(=O)NC2CC2)ccc1OCC(=O)Nc1ccc(F)cc1. The number of nitrogens with zero attached hydrogens (tertiary/aromatic N) is 1. The molecule has 0 heterocycles. The Morgan fingerprint density at radius 2 is 1.81 bits per heavy atom. The van der Waals surface area contributed by atoms with Gasteiger partial charge in [-0.1, -0.05) is 0 Å². The Hall–Kier alpha value is -3.95. The first-order valence-corrected chi connectivity index (χ1v) is 10.0. The van der Waals surface area contributed by atoms with E-state index >= 15 is 0 Å². The molecule has 0 aliphatic heterocycles. The smallest absolute Gasteiger partial charge is 0.329 e. The molecule has 3 amide bonds. The minimum absolute atomic E-state index is 0.0799. The van der Waals surface area contributed by atoms with E-state index in [9.17, 15) is 18.8 Å². The number of hydrogen-bond acceptors (Lipinski definition) is 6. The van der Waals surface area contributed by atoms with E-state index < -0.39 is 23.5 Å². The quantitative estimate of drug-likeness (QED) is 0.312. The molecule has 0 atom stereocenters. The first-order valence-electron chi connectivity index (χ1n) is 10.0. The number of carbonyl (C=O) groups is 3. The van der Waals surface area contributed by atoms with Gasteiger partial charge in [0.05, 0.1) is 12.8 Å². The van der Waals surface area contributed by atoms with Crippen LogP contribution in [0.5, 0.6) is 11.5 Å². The molecular weight excluding hydrogens is 419 g/mol. The van der Waals surface area contributed by atoms with Crippen LogP contribution in [0.2, 0.25) is 0 Å². The fourth-order valence-electron chi connectivity index (χ4n) is 2.56. The highest BCUT2D eigenvalue weighted by Gasteiger charge is 2.26. The number of anilines is 1. The van der Waals surface area contributed by atoms with E-state index in [2.05, 4.69) is 21.2 Å². The summed E-state index contributed by atoms with van der Waals surface area (Å²) in [5.74, 6) is -1.66. The van der Waals surface area contributed by atoms with Gasteiger partial charge in [0.15, 0.2) is 18.1 Å². The fraction of sp³-hybridized carbons (Fsp3) is 0.273. The lowest BCUT2D eigenvalue weighted by atomic mass is 10.2. The predicted molar refractivity (Wildman–Crippen MR) is 115 cm³/mol. The van der Waals surface area contributed by atoms with Gasteiger partial charge in [-0.25, -0.2) is 9.82 Å². The van der Waals surface area contributed by atoms with Crippen molar-refractivity contribution in [3.8, 4) is 11.5 Å². The summed E-state index contributed by atoms with van der Waals surface area (Å²) >= 11 is 0. The lowest BCUT2D eigenvalue weighted by molar-refractivity contribution is -0.139. The summed E-state index contributed by atoms with van der Waals surface area (Å²) in [6, 6.07) is 10.3. The van der Waals surface area contributed by atoms with Gasteiger partial charge in [0.2, 0.25) is 0 Å². The van der Waals surface area contributed by atoms with Gasteiger partial charge in [0.25, 0.3) is 5.91 Å². The van der Waals surface area contributed by atoms with Crippen molar-refractivity contribution in [3.63, 3.8) is 0 Å². The molecule has 2 aromatic carbocycles. The third kappa shape index (κ3) is 7.08. The lowest BCUT2D eigenvalue weighted by Gasteiger charge is -2.12. The van der Waals surface area contributed by atoms with E-state index in [0.29, 0.717) is 29.4 Å². The number of benzene rings is 2. The summed E-state index contributed by atoms with van der Waals surface area (Å²) in [6.07, 6.45) is 3.12. The molecule has 10 heteroatoms. The van der Waals surface area contributed by atoms with Crippen LogP contribution >= 0.6 is 0 Å². The Bertz CT molecular complexity index is 1010. The average Bonchev–Trinajstić information content (AvgIpc) is 3.59. The highest BCUT2D eigenvalue weighted by atomic mass is 19.1. The minimum Gasteiger partial charge on any atom is -0.490 e. The van der Waals surface area contributed by atoms with Crippen LogP contribution in [0.3, 0.4) is 0 Å². The third-order valence-electron chi connectivity index (χ3n) is 4.25. The molecule has 1 fully saturated rings. The standard InChI is InChI=1S/C22H23FN4O5/c1-2-31-19-11-14(12-24-27-22(30)21(29)26-17-8-9-17)3-10-18(19)32-13-20(28)25-16-6-4-15(23)5-7-16/h3-7,10-12,17H,2,8-9,13H2,1H3,(H,25,28)(H,26,29)(H,27,30)/b24-12-. The van der Waals surface area contributed by atoms with Crippen molar-refractivity contribution >= 4 is 29.6 Å². The van der Waals surface area contributed by atoms with Crippen LogP contribution in [0.15, 0.2) is 47.6 Å². The van der Waals surface area contributed by atoms with E-state index in [1.165, 1.54) is 30.5 Å². The average molecular weight is 442 g/mol. The van der Waals surface area contributed by atoms with Crippen LogP contribution < -0.4 is 25.5 Å². The molecule has 3 N–H and O–H groups in total. The number of hydrazone groups is 1. The summed E-state index contributed by atoms with van der Waals surface area (Å²) in [6.45, 7) is 1.87. The largest absolute Gasteiger partial charge is 0.490 e. The van der Waals surface area contributed by atoms with Crippen LogP contribution in [0, 0.1) is 5.82 Å². The number of amides is 3. The number of ether oxygens (including phenoxy) is 2. The number of carbonyl (C=O) groups excluding carboxylic acids is 3. The van der Waals surface area contributed by atoms with Gasteiger partial charge in [0, 0.05) is 11.7 Å². The Balaban J connectivity index is 1.54. The third-order valence-corrected chi connectivity index (χ3v) is 4.25. The van der Waals surface area contributed by atoms with Crippen LogP contribution in [0.4, 0.5) is 10.1 Å². The number of nitrogens with one attached hydrogen (secondary N) is 3. The highest BCUT2D eigenvalue weighted by Crippen LogP contribution is 2.28. The van der Waals surface area contributed by atoms with E-state index in [-0.39, 0.29) is 12.6 Å². The molecule has 1 aliphatic rings. The molecule has 0 unspecified atom stereocenters. The minimum atomic E-state index is -0.842. The summed E-state index contributed by atoms with van der Waals surface area (Å²) < 4.78 is 24.0. The molecule has 168 valence electrons. The molecule has 0 spiro atoms. The van der Waals surface area contributed by atoms with Crippen molar-refractivity contribution < 1.29 is 28.2 Å². The van der Waals surface area contributed by atoms with E-state index in [1.54, 1.807) is 25.1 Å². The molecule has 3 rings (SSSR count). The van der Waals surface area contributed by atoms with E-state index in [4.69, 9.17) is 9.47 Å². The first kappa shape index (κ1) is 22.7. The number of halogens is 1. The number of hydrogen-bond donors (Lipinski definition) is 3. The van der Waals surface area contributed by atoms with Crippen molar-refractivity contribution in [2.24, 2.45) is 5.10 Å².